The van der Waals surface area contributed by atoms with Crippen molar-refractivity contribution in [3.05, 3.63) is 44.8 Å². The molecule has 1 N–H and O–H groups in total. The molecule has 2 heterocycles. The Morgan fingerprint density at radius 1 is 1.19 bits per heavy atom. The maximum Gasteiger partial charge on any atom is 0.341 e. The lowest BCUT2D eigenvalue weighted by Gasteiger charge is -2.14. The Balaban J connectivity index is 1.79. The average molecular weight is 465 g/mol. The highest BCUT2D eigenvalue weighted by atomic mass is 35.5. The number of nitrogens with one attached hydrogen (secondary N) is 1. The largest absolute Gasteiger partial charge is 0.483 e. The Hall–Kier alpha value is -2.58. The maximum absolute atomic E-state index is 12.9. The molecule has 1 aromatic heterocycles. The third-order valence-corrected chi connectivity index (χ3v) is 6.39. The number of hydrogen-bond donors (Lipinski definition) is 1. The van der Waals surface area contributed by atoms with Gasteiger partial charge in [0.15, 0.2) is 6.61 Å². The van der Waals surface area contributed by atoms with E-state index in [-0.39, 0.29) is 24.7 Å². The molecule has 2 aromatic rings. The van der Waals surface area contributed by atoms with Crippen LogP contribution in [0.1, 0.15) is 50.9 Å². The van der Waals surface area contributed by atoms with Gasteiger partial charge in [0.2, 0.25) is 0 Å². The van der Waals surface area contributed by atoms with Gasteiger partial charge in [0.1, 0.15) is 10.8 Å². The SMILES string of the molecule is CCOC(=O)c1c(NC(=O)COc2ccc(Cl)cc2C)sc(C(=O)N2CCCC2)c1C. The fraction of sp³-hybridized carbons (Fsp3) is 0.409. The molecule has 1 aliphatic heterocycles. The highest BCUT2D eigenvalue weighted by molar-refractivity contribution is 7.18. The van der Waals surface area contributed by atoms with E-state index in [0.29, 0.717) is 39.3 Å². The molecule has 0 unspecified atom stereocenters. The fourth-order valence-electron chi connectivity index (χ4n) is 3.40. The van der Waals surface area contributed by atoms with Crippen LogP contribution in [0.4, 0.5) is 5.00 Å². The van der Waals surface area contributed by atoms with Gasteiger partial charge >= 0.3 is 5.97 Å². The molecule has 9 heteroatoms. The lowest BCUT2D eigenvalue weighted by Crippen LogP contribution is -2.27. The quantitative estimate of drug-likeness (QED) is 0.612. The number of carbonyl (C=O) groups is 3. The number of hydrogen-bond acceptors (Lipinski definition) is 6. The Bertz CT molecular complexity index is 998. The molecule has 1 saturated heterocycles. The van der Waals surface area contributed by atoms with Crippen LogP contribution in [-0.2, 0) is 9.53 Å². The van der Waals surface area contributed by atoms with Crippen LogP contribution >= 0.6 is 22.9 Å². The number of nitrogens with zero attached hydrogens (tertiary/aromatic N) is 1. The smallest absolute Gasteiger partial charge is 0.341 e. The number of thiophene rings is 1. The number of ether oxygens (including phenoxy) is 2. The van der Waals surface area contributed by atoms with Gasteiger partial charge in [-0.15, -0.1) is 11.3 Å². The molecule has 7 nitrogen and oxygen atoms in total. The van der Waals surface area contributed by atoms with Crippen LogP contribution in [0.2, 0.25) is 5.02 Å². The topological polar surface area (TPSA) is 84.9 Å². The molecular weight excluding hydrogens is 440 g/mol. The Morgan fingerprint density at radius 2 is 1.90 bits per heavy atom. The summed E-state index contributed by atoms with van der Waals surface area (Å²) >= 11 is 7.03. The van der Waals surface area contributed by atoms with Crippen molar-refractivity contribution >= 4 is 45.7 Å². The number of amides is 2. The van der Waals surface area contributed by atoms with E-state index in [1.165, 1.54) is 0 Å². The van der Waals surface area contributed by atoms with Gasteiger partial charge in [0.05, 0.1) is 17.0 Å². The predicted molar refractivity (Wildman–Crippen MR) is 120 cm³/mol. The summed E-state index contributed by atoms with van der Waals surface area (Å²) in [4.78, 5) is 40.2. The van der Waals surface area contributed by atoms with Crippen molar-refractivity contribution < 1.29 is 23.9 Å². The summed E-state index contributed by atoms with van der Waals surface area (Å²) in [5.74, 6) is -0.598. The number of anilines is 1. The zero-order valence-electron chi connectivity index (χ0n) is 17.7. The lowest BCUT2D eigenvalue weighted by atomic mass is 10.1. The number of esters is 1. The van der Waals surface area contributed by atoms with E-state index in [4.69, 9.17) is 21.1 Å². The monoisotopic (exact) mass is 464 g/mol. The van der Waals surface area contributed by atoms with Crippen LogP contribution in [0.3, 0.4) is 0 Å². The van der Waals surface area contributed by atoms with Gasteiger partial charge in [-0.25, -0.2) is 4.79 Å². The van der Waals surface area contributed by atoms with Crippen LogP contribution in [0.5, 0.6) is 5.75 Å². The number of likely N-dealkylation sites (tertiary alicyclic amines) is 1. The first kappa shape index (κ1) is 23.1. The molecule has 0 spiro atoms. The van der Waals surface area contributed by atoms with Crippen LogP contribution < -0.4 is 10.1 Å². The van der Waals surface area contributed by atoms with Gasteiger partial charge in [-0.3, -0.25) is 9.59 Å². The van der Waals surface area contributed by atoms with Crippen molar-refractivity contribution in [2.45, 2.75) is 33.6 Å². The lowest BCUT2D eigenvalue weighted by molar-refractivity contribution is -0.118. The van der Waals surface area contributed by atoms with Gasteiger partial charge in [-0.2, -0.15) is 0 Å². The Labute approximate surface area is 190 Å². The standard InChI is InChI=1S/C22H25ClN2O5S/c1-4-29-22(28)18-14(3)19(21(27)25-9-5-6-10-25)31-20(18)24-17(26)12-30-16-8-7-15(23)11-13(16)2/h7-8,11H,4-6,9-10,12H2,1-3H3,(H,24,26). The van der Waals surface area contributed by atoms with Crippen LogP contribution in [-0.4, -0.2) is 49.0 Å². The first-order chi connectivity index (χ1) is 14.8. The van der Waals surface area contributed by atoms with Gasteiger partial charge in [-0.1, -0.05) is 11.6 Å². The summed E-state index contributed by atoms with van der Waals surface area (Å²) in [6.07, 6.45) is 1.93. The maximum atomic E-state index is 12.9. The summed E-state index contributed by atoms with van der Waals surface area (Å²) in [6, 6.07) is 5.11. The van der Waals surface area contributed by atoms with E-state index < -0.39 is 11.9 Å². The van der Waals surface area contributed by atoms with E-state index in [1.54, 1.807) is 36.9 Å². The average Bonchev–Trinajstić information content (AvgIpc) is 3.35. The molecule has 0 radical (unpaired) electrons. The Kier molecular flexibility index (Phi) is 7.56. The minimum Gasteiger partial charge on any atom is -0.483 e. The molecule has 31 heavy (non-hydrogen) atoms. The molecule has 0 bridgehead atoms. The number of rotatable bonds is 7. The predicted octanol–water partition coefficient (Wildman–Crippen LogP) is 4.45. The second-order valence-electron chi connectivity index (χ2n) is 7.23. The zero-order valence-corrected chi connectivity index (χ0v) is 19.3. The van der Waals surface area contributed by atoms with Crippen LogP contribution in [0.25, 0.3) is 0 Å². The summed E-state index contributed by atoms with van der Waals surface area (Å²) < 4.78 is 10.7. The van der Waals surface area contributed by atoms with E-state index >= 15 is 0 Å². The van der Waals surface area contributed by atoms with Crippen molar-refractivity contribution in [1.82, 2.24) is 4.90 Å². The first-order valence-electron chi connectivity index (χ1n) is 10.1. The molecule has 2 amide bonds. The van der Waals surface area contributed by atoms with Crippen LogP contribution in [0, 0.1) is 13.8 Å². The van der Waals surface area contributed by atoms with Gasteiger partial charge < -0.3 is 19.7 Å². The van der Waals surface area contributed by atoms with Crippen molar-refractivity contribution in [2.75, 3.05) is 31.6 Å². The number of halogens is 1. The second-order valence-corrected chi connectivity index (χ2v) is 8.68. The van der Waals surface area contributed by atoms with Gasteiger partial charge in [0, 0.05) is 18.1 Å². The molecule has 0 atom stereocenters. The third kappa shape index (κ3) is 5.37. The minimum absolute atomic E-state index is 0.126. The number of carbonyl (C=O) groups excluding carboxylic acids is 3. The van der Waals surface area contributed by atoms with Crippen molar-refractivity contribution in [2.24, 2.45) is 0 Å². The zero-order chi connectivity index (χ0) is 22.5. The molecule has 3 rings (SSSR count). The fourth-order valence-corrected chi connectivity index (χ4v) is 4.80. The van der Waals surface area contributed by atoms with E-state index in [9.17, 15) is 14.4 Å². The summed E-state index contributed by atoms with van der Waals surface area (Å²) in [7, 11) is 0. The normalized spacial score (nSPS) is 13.2. The highest BCUT2D eigenvalue weighted by Gasteiger charge is 2.29. The van der Waals surface area contributed by atoms with E-state index in [0.717, 1.165) is 29.7 Å². The van der Waals surface area contributed by atoms with E-state index in [2.05, 4.69) is 5.32 Å². The molecule has 1 aliphatic rings. The molecule has 0 aliphatic carbocycles. The summed E-state index contributed by atoms with van der Waals surface area (Å²) in [5.41, 5.74) is 1.54. The van der Waals surface area contributed by atoms with Crippen LogP contribution in [0.15, 0.2) is 18.2 Å². The van der Waals surface area contributed by atoms with E-state index in [1.807, 2.05) is 6.92 Å². The molecular formula is C22H25ClN2O5S. The summed E-state index contributed by atoms with van der Waals surface area (Å²) in [5, 5.41) is 3.59. The van der Waals surface area contributed by atoms with Crippen molar-refractivity contribution in [1.29, 1.82) is 0 Å². The third-order valence-electron chi connectivity index (χ3n) is 4.96. The molecule has 1 fully saturated rings. The summed E-state index contributed by atoms with van der Waals surface area (Å²) in [6.45, 7) is 6.57. The van der Waals surface area contributed by atoms with Crippen molar-refractivity contribution in [3.63, 3.8) is 0 Å². The van der Waals surface area contributed by atoms with Gasteiger partial charge in [0.25, 0.3) is 11.8 Å². The molecule has 0 saturated carbocycles. The molecule has 166 valence electrons. The Morgan fingerprint density at radius 3 is 2.55 bits per heavy atom. The number of benzene rings is 1. The molecule has 1 aromatic carbocycles. The second kappa shape index (κ2) is 10.2. The van der Waals surface area contributed by atoms with Gasteiger partial charge in [-0.05, 0) is 62.9 Å². The highest BCUT2D eigenvalue weighted by Crippen LogP contribution is 2.35. The minimum atomic E-state index is -0.568. The van der Waals surface area contributed by atoms with Crippen molar-refractivity contribution in [3.8, 4) is 5.75 Å². The first-order valence-corrected chi connectivity index (χ1v) is 11.3. The number of aryl methyl sites for hydroxylation is 1.